The van der Waals surface area contributed by atoms with E-state index in [1.54, 1.807) is 12.1 Å². The Balaban J connectivity index is 2.36. The fourth-order valence-electron chi connectivity index (χ4n) is 1.60. The van der Waals surface area contributed by atoms with Crippen LogP contribution >= 0.6 is 15.9 Å². The van der Waals surface area contributed by atoms with Gasteiger partial charge in [0.25, 0.3) is 11.2 Å². The van der Waals surface area contributed by atoms with Crippen LogP contribution in [0.15, 0.2) is 39.9 Å². The van der Waals surface area contributed by atoms with Gasteiger partial charge in [-0.05, 0) is 28.1 Å². The number of hydrogen-bond acceptors (Lipinski definition) is 5. The van der Waals surface area contributed by atoms with Crippen molar-refractivity contribution in [2.24, 2.45) is 0 Å². The van der Waals surface area contributed by atoms with Crippen molar-refractivity contribution in [3.05, 3.63) is 61.2 Å². The molecule has 0 aliphatic carbocycles. The van der Waals surface area contributed by atoms with Gasteiger partial charge in [-0.2, -0.15) is 0 Å². The zero-order chi connectivity index (χ0) is 14.7. The second kappa shape index (κ2) is 5.83. The van der Waals surface area contributed by atoms with Crippen LogP contribution in [0, 0.1) is 10.1 Å². The molecule has 0 atom stereocenters. The molecule has 104 valence electrons. The van der Waals surface area contributed by atoms with Crippen molar-refractivity contribution in [1.29, 1.82) is 0 Å². The average Bonchev–Trinajstić information content (AvgIpc) is 2.44. The summed E-state index contributed by atoms with van der Waals surface area (Å²) in [7, 11) is 1.53. The summed E-state index contributed by atoms with van der Waals surface area (Å²) in [4.78, 5) is 26.3. The number of rotatable bonds is 4. The fourth-order valence-corrected chi connectivity index (χ4v) is 2.06. The Kier molecular flexibility index (Phi) is 4.14. The molecule has 0 N–H and O–H groups in total. The predicted octanol–water partition coefficient (Wildman–Crippen LogP) is 1.97. The first-order valence-electron chi connectivity index (χ1n) is 5.54. The highest BCUT2D eigenvalue weighted by atomic mass is 79.9. The maximum Gasteiger partial charge on any atom is 0.286 e. The molecular formula is C12H10BrN3O4. The Morgan fingerprint density at radius 1 is 1.50 bits per heavy atom. The Hall–Kier alpha value is -2.22. The summed E-state index contributed by atoms with van der Waals surface area (Å²) >= 11 is 3.02. The third-order valence-electron chi connectivity index (χ3n) is 2.60. The molecule has 0 spiro atoms. The highest BCUT2D eigenvalue weighted by Crippen LogP contribution is 2.15. The molecule has 2 heterocycles. The highest BCUT2D eigenvalue weighted by Gasteiger charge is 2.12. The molecular weight excluding hydrogens is 330 g/mol. The molecule has 8 heteroatoms. The molecule has 0 radical (unpaired) electrons. The summed E-state index contributed by atoms with van der Waals surface area (Å²) in [5.74, 6) is 0.598. The van der Waals surface area contributed by atoms with E-state index >= 15 is 0 Å². The van der Waals surface area contributed by atoms with Gasteiger partial charge in [-0.25, -0.2) is 0 Å². The average molecular weight is 340 g/mol. The van der Waals surface area contributed by atoms with Crippen LogP contribution in [-0.2, 0) is 6.54 Å². The maximum absolute atomic E-state index is 11.9. The lowest BCUT2D eigenvalue weighted by Crippen LogP contribution is -2.21. The largest absolute Gasteiger partial charge is 0.495 e. The molecule has 20 heavy (non-hydrogen) atoms. The van der Waals surface area contributed by atoms with Crippen molar-refractivity contribution in [3.8, 4) is 5.75 Å². The van der Waals surface area contributed by atoms with Gasteiger partial charge in [0.15, 0.2) is 0 Å². The van der Waals surface area contributed by atoms with E-state index in [4.69, 9.17) is 4.74 Å². The molecule has 0 saturated heterocycles. The Morgan fingerprint density at radius 3 is 2.80 bits per heavy atom. The molecule has 0 aliphatic rings. The topological polar surface area (TPSA) is 87.3 Å². The highest BCUT2D eigenvalue weighted by molar-refractivity contribution is 9.10. The van der Waals surface area contributed by atoms with Gasteiger partial charge in [-0.15, -0.1) is 0 Å². The number of aromatic nitrogens is 2. The molecule has 0 amide bonds. The van der Waals surface area contributed by atoms with Crippen LogP contribution in [0.2, 0.25) is 0 Å². The normalized spacial score (nSPS) is 10.3. The fraction of sp³-hybridized carbons (Fsp3) is 0.167. The van der Waals surface area contributed by atoms with E-state index in [1.807, 2.05) is 0 Å². The van der Waals surface area contributed by atoms with E-state index in [1.165, 1.54) is 30.1 Å². The number of halogens is 1. The molecule has 0 unspecified atom stereocenters. The van der Waals surface area contributed by atoms with Crippen molar-refractivity contribution in [3.63, 3.8) is 0 Å². The van der Waals surface area contributed by atoms with Crippen LogP contribution in [0.5, 0.6) is 5.75 Å². The second-order valence-electron chi connectivity index (χ2n) is 3.93. The van der Waals surface area contributed by atoms with Gasteiger partial charge in [-0.1, -0.05) is 0 Å². The number of nitro groups is 1. The molecule has 0 aliphatic heterocycles. The first-order valence-corrected chi connectivity index (χ1v) is 6.34. The van der Waals surface area contributed by atoms with Crippen LogP contribution in [-0.4, -0.2) is 21.6 Å². The molecule has 0 saturated carbocycles. The van der Waals surface area contributed by atoms with Gasteiger partial charge in [0.2, 0.25) is 0 Å². The maximum atomic E-state index is 11.9. The van der Waals surface area contributed by atoms with E-state index in [9.17, 15) is 14.9 Å². The number of nitrogens with zero attached hydrogens (tertiary/aromatic N) is 3. The van der Waals surface area contributed by atoms with Crippen molar-refractivity contribution >= 4 is 21.6 Å². The summed E-state index contributed by atoms with van der Waals surface area (Å²) in [5.41, 5.74) is 0.0819. The monoisotopic (exact) mass is 339 g/mol. The summed E-state index contributed by atoms with van der Waals surface area (Å²) in [6, 6.07) is 4.58. The van der Waals surface area contributed by atoms with E-state index in [-0.39, 0.29) is 22.3 Å². The van der Waals surface area contributed by atoms with E-state index in [2.05, 4.69) is 20.9 Å². The van der Waals surface area contributed by atoms with Gasteiger partial charge in [0, 0.05) is 6.07 Å². The molecule has 7 nitrogen and oxygen atoms in total. The van der Waals surface area contributed by atoms with Crippen molar-refractivity contribution in [1.82, 2.24) is 9.55 Å². The zero-order valence-corrected chi connectivity index (χ0v) is 12.0. The zero-order valence-electron chi connectivity index (χ0n) is 10.4. The van der Waals surface area contributed by atoms with Gasteiger partial charge >= 0.3 is 0 Å². The smallest absolute Gasteiger partial charge is 0.286 e. The van der Waals surface area contributed by atoms with Crippen molar-refractivity contribution in [2.45, 2.75) is 6.54 Å². The first kappa shape index (κ1) is 14.2. The number of pyridine rings is 2. The molecule has 0 bridgehead atoms. The van der Waals surface area contributed by atoms with E-state index in [0.717, 1.165) is 0 Å². The number of hydrogen-bond donors (Lipinski definition) is 0. The Bertz CT molecular complexity index is 697. The lowest BCUT2D eigenvalue weighted by molar-refractivity contribution is -0.385. The van der Waals surface area contributed by atoms with Gasteiger partial charge in [-0.3, -0.25) is 19.9 Å². The Morgan fingerprint density at radius 2 is 2.25 bits per heavy atom. The van der Waals surface area contributed by atoms with Crippen LogP contribution < -0.4 is 10.3 Å². The lowest BCUT2D eigenvalue weighted by atomic mass is 10.3. The minimum atomic E-state index is -0.553. The molecule has 2 aromatic rings. The molecule has 0 aromatic carbocycles. The third kappa shape index (κ3) is 3.02. The van der Waals surface area contributed by atoms with E-state index in [0.29, 0.717) is 11.4 Å². The number of ether oxygens (including phenoxy) is 1. The minimum absolute atomic E-state index is 0.139. The van der Waals surface area contributed by atoms with Crippen LogP contribution in [0.3, 0.4) is 0 Å². The minimum Gasteiger partial charge on any atom is -0.495 e. The molecule has 2 rings (SSSR count). The van der Waals surface area contributed by atoms with Crippen molar-refractivity contribution in [2.75, 3.05) is 7.11 Å². The summed E-state index contributed by atoms with van der Waals surface area (Å²) in [6.07, 6.45) is 2.71. The van der Waals surface area contributed by atoms with Crippen LogP contribution in [0.4, 0.5) is 5.69 Å². The standard InChI is InChI=1S/C12H10BrN3O4/c1-20-10-3-2-8(14-5-10)6-15-7-9(16(18)19)4-11(13)12(15)17/h2-5,7H,6H2,1H3. The van der Waals surface area contributed by atoms with Gasteiger partial charge < -0.3 is 9.30 Å². The molecule has 2 aromatic heterocycles. The third-order valence-corrected chi connectivity index (χ3v) is 3.17. The van der Waals surface area contributed by atoms with Gasteiger partial charge in [0.05, 0.1) is 41.1 Å². The Labute approximate surface area is 122 Å². The van der Waals surface area contributed by atoms with E-state index < -0.39 is 4.92 Å². The van der Waals surface area contributed by atoms with Crippen LogP contribution in [0.1, 0.15) is 5.69 Å². The summed E-state index contributed by atoms with van der Waals surface area (Å²) in [6.45, 7) is 0.142. The SMILES string of the molecule is COc1ccc(Cn2cc([N+](=O)[O-])cc(Br)c2=O)nc1. The van der Waals surface area contributed by atoms with Crippen molar-refractivity contribution < 1.29 is 9.66 Å². The summed E-state index contributed by atoms with van der Waals surface area (Å²) in [5, 5.41) is 10.8. The summed E-state index contributed by atoms with van der Waals surface area (Å²) < 4.78 is 6.36. The second-order valence-corrected chi connectivity index (χ2v) is 4.78. The first-order chi connectivity index (χ1) is 9.51. The van der Waals surface area contributed by atoms with Gasteiger partial charge in [0.1, 0.15) is 5.75 Å². The lowest BCUT2D eigenvalue weighted by Gasteiger charge is -2.06. The predicted molar refractivity (Wildman–Crippen MR) is 74.9 cm³/mol. The quantitative estimate of drug-likeness (QED) is 0.627. The molecule has 0 fully saturated rings. The number of methoxy groups -OCH3 is 1. The van der Waals surface area contributed by atoms with Crippen LogP contribution in [0.25, 0.3) is 0 Å².